The third kappa shape index (κ3) is 2.37. The minimum absolute atomic E-state index is 0.157. The normalized spacial score (nSPS) is 9.69. The summed E-state index contributed by atoms with van der Waals surface area (Å²) < 4.78 is 5.77. The Bertz CT molecular complexity index is 480. The van der Waals surface area contributed by atoms with Gasteiger partial charge in [0.1, 0.15) is 11.8 Å². The molecule has 0 aliphatic rings. The van der Waals surface area contributed by atoms with Crippen molar-refractivity contribution in [1.82, 2.24) is 0 Å². The molecule has 1 rings (SSSR count). The first-order valence-electron chi connectivity index (χ1n) is 4.58. The molecule has 1 aromatic rings. The third-order valence-corrected chi connectivity index (χ3v) is 3.01. The van der Waals surface area contributed by atoms with Crippen molar-refractivity contribution in [2.24, 2.45) is 0 Å². The molecule has 0 amide bonds. The molecular weight excluding hydrogens is 293 g/mol. The summed E-state index contributed by atoms with van der Waals surface area (Å²) in [7, 11) is 0. The quantitative estimate of drug-likeness (QED) is 0.802. The molecular formula is C11H9BrClNO2. The summed E-state index contributed by atoms with van der Waals surface area (Å²) in [6, 6.07) is 3.41. The van der Waals surface area contributed by atoms with E-state index in [-0.39, 0.29) is 16.4 Å². The summed E-state index contributed by atoms with van der Waals surface area (Å²) in [6.07, 6.45) is 0. The van der Waals surface area contributed by atoms with Crippen LogP contribution in [0.2, 0.25) is 5.02 Å². The lowest BCUT2D eigenvalue weighted by atomic mass is 10.1. The van der Waals surface area contributed by atoms with Gasteiger partial charge in [0.15, 0.2) is 5.78 Å². The zero-order chi connectivity index (χ0) is 12.3. The van der Waals surface area contributed by atoms with Crippen LogP contribution in [-0.2, 0) is 0 Å². The second-order valence-electron chi connectivity index (χ2n) is 3.03. The van der Waals surface area contributed by atoms with Crippen LogP contribution in [0.15, 0.2) is 10.5 Å². The molecule has 3 nitrogen and oxygen atoms in total. The highest BCUT2D eigenvalue weighted by atomic mass is 79.9. The number of ether oxygens (including phenoxy) is 1. The van der Waals surface area contributed by atoms with Crippen molar-refractivity contribution < 1.29 is 9.53 Å². The second kappa shape index (κ2) is 5.33. The Morgan fingerprint density at radius 2 is 2.31 bits per heavy atom. The number of rotatable bonds is 3. The number of carbonyl (C=O) groups excluding carboxylic acids is 1. The first kappa shape index (κ1) is 13.0. The lowest BCUT2D eigenvalue weighted by Crippen LogP contribution is -2.03. The lowest BCUT2D eigenvalue weighted by Gasteiger charge is -2.12. The number of nitrogens with zero attached hydrogens (tertiary/aromatic N) is 1. The molecule has 0 radical (unpaired) electrons. The summed E-state index contributed by atoms with van der Waals surface area (Å²) in [5.74, 6) is 0.214. The van der Waals surface area contributed by atoms with Crippen molar-refractivity contribution in [2.45, 2.75) is 13.8 Å². The molecule has 16 heavy (non-hydrogen) atoms. The maximum absolute atomic E-state index is 11.4. The summed E-state index contributed by atoms with van der Waals surface area (Å²) in [5, 5.41) is 9.16. The fourth-order valence-corrected chi connectivity index (χ4v) is 2.24. The average Bonchev–Trinajstić information content (AvgIpc) is 2.22. The second-order valence-corrected chi connectivity index (χ2v) is 4.23. The van der Waals surface area contributed by atoms with E-state index in [0.717, 1.165) is 0 Å². The number of hydrogen-bond acceptors (Lipinski definition) is 3. The molecule has 0 aliphatic carbocycles. The van der Waals surface area contributed by atoms with Crippen LogP contribution in [-0.4, -0.2) is 12.4 Å². The van der Waals surface area contributed by atoms with Gasteiger partial charge in [-0.25, -0.2) is 0 Å². The highest BCUT2D eigenvalue weighted by molar-refractivity contribution is 9.10. The van der Waals surface area contributed by atoms with Crippen LogP contribution in [0.25, 0.3) is 0 Å². The van der Waals surface area contributed by atoms with Crippen molar-refractivity contribution in [3.8, 4) is 11.8 Å². The van der Waals surface area contributed by atoms with Crippen LogP contribution in [0.5, 0.6) is 5.75 Å². The minimum Gasteiger partial charge on any atom is -0.492 e. The molecule has 0 saturated carbocycles. The molecule has 0 bridgehead atoms. The summed E-state index contributed by atoms with van der Waals surface area (Å²) in [4.78, 5) is 11.4. The predicted octanol–water partition coefficient (Wildman–Crippen LogP) is 3.58. The first-order chi connectivity index (χ1) is 7.52. The molecule has 1 aromatic carbocycles. The monoisotopic (exact) mass is 301 g/mol. The Balaban J connectivity index is 3.53. The van der Waals surface area contributed by atoms with E-state index < -0.39 is 0 Å². The van der Waals surface area contributed by atoms with Gasteiger partial charge < -0.3 is 4.74 Å². The molecule has 84 valence electrons. The number of nitriles is 1. The van der Waals surface area contributed by atoms with Crippen LogP contribution >= 0.6 is 27.5 Å². The van der Waals surface area contributed by atoms with Crippen LogP contribution in [0.4, 0.5) is 0 Å². The Morgan fingerprint density at radius 3 is 2.75 bits per heavy atom. The van der Waals surface area contributed by atoms with E-state index in [9.17, 15) is 4.79 Å². The Hall–Kier alpha value is -1.05. The number of Topliss-reactive ketones (excluding diaryl/α,β-unsaturated/α-hetero) is 1. The van der Waals surface area contributed by atoms with Crippen molar-refractivity contribution in [3.05, 3.63) is 26.7 Å². The Morgan fingerprint density at radius 1 is 1.69 bits per heavy atom. The van der Waals surface area contributed by atoms with E-state index in [1.54, 1.807) is 6.92 Å². The number of ketones is 1. The van der Waals surface area contributed by atoms with E-state index in [4.69, 9.17) is 21.6 Å². The van der Waals surface area contributed by atoms with Gasteiger partial charge in [-0.1, -0.05) is 11.6 Å². The van der Waals surface area contributed by atoms with E-state index in [2.05, 4.69) is 15.9 Å². The highest BCUT2D eigenvalue weighted by Gasteiger charge is 2.18. The van der Waals surface area contributed by atoms with Gasteiger partial charge in [0.05, 0.1) is 27.2 Å². The van der Waals surface area contributed by atoms with E-state index in [0.29, 0.717) is 22.4 Å². The van der Waals surface area contributed by atoms with Crippen molar-refractivity contribution in [3.63, 3.8) is 0 Å². The summed E-state index contributed by atoms with van der Waals surface area (Å²) in [6.45, 7) is 3.63. The van der Waals surface area contributed by atoms with Gasteiger partial charge in [-0.05, 0) is 35.8 Å². The number of hydrogen-bond donors (Lipinski definition) is 0. The van der Waals surface area contributed by atoms with E-state index >= 15 is 0 Å². The van der Waals surface area contributed by atoms with Gasteiger partial charge in [-0.2, -0.15) is 5.26 Å². The molecule has 0 saturated heterocycles. The summed E-state index contributed by atoms with van der Waals surface area (Å²) >= 11 is 9.12. The van der Waals surface area contributed by atoms with E-state index in [1.165, 1.54) is 13.0 Å². The van der Waals surface area contributed by atoms with Crippen LogP contribution in [0.1, 0.15) is 29.8 Å². The van der Waals surface area contributed by atoms with Gasteiger partial charge in [-0.15, -0.1) is 0 Å². The van der Waals surface area contributed by atoms with Crippen LogP contribution in [0, 0.1) is 11.3 Å². The smallest absolute Gasteiger partial charge is 0.163 e. The van der Waals surface area contributed by atoms with Crippen LogP contribution in [0.3, 0.4) is 0 Å². The Labute approximate surface area is 107 Å². The zero-order valence-electron chi connectivity index (χ0n) is 8.80. The maximum Gasteiger partial charge on any atom is 0.163 e. The third-order valence-electron chi connectivity index (χ3n) is 1.95. The number of carbonyl (C=O) groups is 1. The molecule has 0 unspecified atom stereocenters. The number of halogens is 2. The standard InChI is InChI=1S/C11H9BrClNO2/c1-3-16-11-7(6(2)15)4-9(13)8(5-14)10(11)12/h4H,3H2,1-2H3. The minimum atomic E-state index is -0.157. The molecule has 0 spiro atoms. The van der Waals surface area contributed by atoms with Gasteiger partial charge in [-0.3, -0.25) is 4.79 Å². The van der Waals surface area contributed by atoms with Gasteiger partial charge in [0, 0.05) is 0 Å². The van der Waals surface area contributed by atoms with E-state index in [1.807, 2.05) is 6.07 Å². The topological polar surface area (TPSA) is 50.1 Å². The van der Waals surface area contributed by atoms with Crippen molar-refractivity contribution in [2.75, 3.05) is 6.61 Å². The highest BCUT2D eigenvalue weighted by Crippen LogP contribution is 2.37. The SMILES string of the molecule is CCOc1c(C(C)=O)cc(Cl)c(C#N)c1Br. The largest absolute Gasteiger partial charge is 0.492 e. The fourth-order valence-electron chi connectivity index (χ4n) is 1.25. The lowest BCUT2D eigenvalue weighted by molar-refractivity contribution is 0.101. The summed E-state index contributed by atoms with van der Waals surface area (Å²) in [5.41, 5.74) is 0.646. The molecule has 5 heteroatoms. The molecule has 0 heterocycles. The number of benzene rings is 1. The van der Waals surface area contributed by atoms with Gasteiger partial charge in [0.25, 0.3) is 0 Å². The average molecular weight is 303 g/mol. The maximum atomic E-state index is 11.4. The predicted molar refractivity (Wildman–Crippen MR) is 65.0 cm³/mol. The van der Waals surface area contributed by atoms with Crippen molar-refractivity contribution >= 4 is 33.3 Å². The first-order valence-corrected chi connectivity index (χ1v) is 5.75. The van der Waals surface area contributed by atoms with Gasteiger partial charge >= 0.3 is 0 Å². The molecule has 0 atom stereocenters. The van der Waals surface area contributed by atoms with Crippen LogP contribution < -0.4 is 4.74 Å². The molecule has 0 fully saturated rings. The molecule has 0 aliphatic heterocycles. The fraction of sp³-hybridized carbons (Fsp3) is 0.273. The van der Waals surface area contributed by atoms with Gasteiger partial charge in [0.2, 0.25) is 0 Å². The zero-order valence-corrected chi connectivity index (χ0v) is 11.1. The molecule has 0 N–H and O–H groups in total. The van der Waals surface area contributed by atoms with Crippen molar-refractivity contribution in [1.29, 1.82) is 5.26 Å². The Kier molecular flexibility index (Phi) is 4.34. The molecule has 0 aromatic heterocycles.